The van der Waals surface area contributed by atoms with E-state index < -0.39 is 27.9 Å². The number of nitrogens with zero attached hydrogens (tertiary/aromatic N) is 1. The normalized spacial score (nSPS) is 19.2. The van der Waals surface area contributed by atoms with Gasteiger partial charge in [-0.1, -0.05) is 11.6 Å². The molecule has 2 amide bonds. The molecular weight excluding hydrogens is 306 g/mol. The largest absolute Gasteiger partial charge is 0.292 e. The molecule has 1 unspecified atom stereocenters. The van der Waals surface area contributed by atoms with E-state index >= 15 is 0 Å². The van der Waals surface area contributed by atoms with Gasteiger partial charge in [-0.2, -0.15) is 0 Å². The first kappa shape index (κ1) is 14.8. The SMILES string of the molecule is NNC(=O)C1CCC(=O)N1S(=O)(=O)c1ccc(Cl)cc1. The Hall–Kier alpha value is -1.64. The summed E-state index contributed by atoms with van der Waals surface area (Å²) in [4.78, 5) is 23.3. The lowest BCUT2D eigenvalue weighted by Gasteiger charge is -2.22. The van der Waals surface area contributed by atoms with E-state index in [0.29, 0.717) is 9.33 Å². The van der Waals surface area contributed by atoms with E-state index in [0.717, 1.165) is 0 Å². The van der Waals surface area contributed by atoms with E-state index in [1.807, 2.05) is 5.43 Å². The molecule has 0 saturated carbocycles. The highest BCUT2D eigenvalue weighted by Crippen LogP contribution is 2.27. The quantitative estimate of drug-likeness (QED) is 0.463. The summed E-state index contributed by atoms with van der Waals surface area (Å²) in [7, 11) is -4.10. The summed E-state index contributed by atoms with van der Waals surface area (Å²) >= 11 is 5.70. The Morgan fingerprint density at radius 2 is 1.95 bits per heavy atom. The van der Waals surface area contributed by atoms with E-state index in [1.165, 1.54) is 24.3 Å². The lowest BCUT2D eigenvalue weighted by molar-refractivity contribution is -0.130. The molecule has 1 aliphatic heterocycles. The molecule has 1 aromatic rings. The van der Waals surface area contributed by atoms with Gasteiger partial charge in [0.2, 0.25) is 5.91 Å². The van der Waals surface area contributed by atoms with Gasteiger partial charge in [0.15, 0.2) is 0 Å². The van der Waals surface area contributed by atoms with Crippen LogP contribution in [-0.4, -0.2) is 30.6 Å². The zero-order chi connectivity index (χ0) is 14.9. The Morgan fingerprint density at radius 1 is 1.35 bits per heavy atom. The summed E-state index contributed by atoms with van der Waals surface area (Å²) in [5.41, 5.74) is 1.87. The van der Waals surface area contributed by atoms with Crippen molar-refractivity contribution in [3.8, 4) is 0 Å². The number of carbonyl (C=O) groups is 2. The van der Waals surface area contributed by atoms with Crippen LogP contribution in [0.3, 0.4) is 0 Å². The number of hydrogen-bond donors (Lipinski definition) is 2. The van der Waals surface area contributed by atoms with Gasteiger partial charge < -0.3 is 0 Å². The van der Waals surface area contributed by atoms with Gasteiger partial charge in [0.25, 0.3) is 15.9 Å². The molecule has 0 aliphatic carbocycles. The highest BCUT2D eigenvalue weighted by Gasteiger charge is 2.43. The first-order chi connectivity index (χ1) is 9.37. The number of nitrogens with one attached hydrogen (secondary N) is 1. The fourth-order valence-corrected chi connectivity index (χ4v) is 3.75. The van der Waals surface area contributed by atoms with Gasteiger partial charge in [0, 0.05) is 11.4 Å². The Labute approximate surface area is 120 Å². The molecule has 3 N–H and O–H groups in total. The number of sulfonamides is 1. The fourth-order valence-electron chi connectivity index (χ4n) is 2.02. The summed E-state index contributed by atoms with van der Waals surface area (Å²) < 4.78 is 25.4. The van der Waals surface area contributed by atoms with Gasteiger partial charge in [0.1, 0.15) is 6.04 Å². The maximum absolute atomic E-state index is 12.4. The minimum atomic E-state index is -4.10. The summed E-state index contributed by atoms with van der Waals surface area (Å²) in [5.74, 6) is 3.67. The Morgan fingerprint density at radius 3 is 2.50 bits per heavy atom. The molecule has 108 valence electrons. The van der Waals surface area contributed by atoms with Crippen molar-refractivity contribution in [2.75, 3.05) is 0 Å². The van der Waals surface area contributed by atoms with Crippen molar-refractivity contribution < 1.29 is 18.0 Å². The van der Waals surface area contributed by atoms with Crippen molar-refractivity contribution >= 4 is 33.4 Å². The number of benzene rings is 1. The third kappa shape index (κ3) is 2.49. The first-order valence-electron chi connectivity index (χ1n) is 5.71. The maximum atomic E-state index is 12.4. The zero-order valence-corrected chi connectivity index (χ0v) is 11.8. The molecule has 9 heteroatoms. The molecule has 0 spiro atoms. The molecule has 1 saturated heterocycles. The number of amides is 2. The third-order valence-corrected chi connectivity index (χ3v) is 5.07. The van der Waals surface area contributed by atoms with Gasteiger partial charge in [-0.3, -0.25) is 15.0 Å². The minimum Gasteiger partial charge on any atom is -0.292 e. The van der Waals surface area contributed by atoms with Crippen LogP contribution in [0, 0.1) is 0 Å². The second-order valence-electron chi connectivity index (χ2n) is 4.21. The number of rotatable bonds is 3. The molecule has 2 rings (SSSR count). The van der Waals surface area contributed by atoms with E-state index in [-0.39, 0.29) is 17.7 Å². The molecule has 1 atom stereocenters. The monoisotopic (exact) mass is 317 g/mol. The van der Waals surface area contributed by atoms with Gasteiger partial charge in [-0.05, 0) is 30.7 Å². The number of hydrogen-bond acceptors (Lipinski definition) is 5. The van der Waals surface area contributed by atoms with Crippen molar-refractivity contribution in [1.29, 1.82) is 0 Å². The molecule has 0 radical (unpaired) electrons. The van der Waals surface area contributed by atoms with Gasteiger partial charge in [-0.15, -0.1) is 0 Å². The van der Waals surface area contributed by atoms with Crippen LogP contribution < -0.4 is 11.3 Å². The van der Waals surface area contributed by atoms with Crippen LogP contribution in [0.15, 0.2) is 29.2 Å². The molecule has 1 heterocycles. The second kappa shape index (κ2) is 5.39. The number of nitrogens with two attached hydrogens (primary N) is 1. The Balaban J connectivity index is 2.43. The van der Waals surface area contributed by atoms with Gasteiger partial charge >= 0.3 is 0 Å². The van der Waals surface area contributed by atoms with Crippen molar-refractivity contribution in [3.05, 3.63) is 29.3 Å². The van der Waals surface area contributed by atoms with Crippen LogP contribution in [-0.2, 0) is 19.6 Å². The minimum absolute atomic E-state index is 0.0229. The molecule has 1 aliphatic rings. The average Bonchev–Trinajstić information content (AvgIpc) is 2.81. The van der Waals surface area contributed by atoms with Crippen molar-refractivity contribution in [1.82, 2.24) is 9.73 Å². The lowest BCUT2D eigenvalue weighted by atomic mass is 10.2. The highest BCUT2D eigenvalue weighted by molar-refractivity contribution is 7.89. The number of halogens is 1. The van der Waals surface area contributed by atoms with E-state index in [4.69, 9.17) is 17.4 Å². The van der Waals surface area contributed by atoms with Crippen LogP contribution in [0.25, 0.3) is 0 Å². The molecule has 20 heavy (non-hydrogen) atoms. The third-order valence-electron chi connectivity index (χ3n) is 2.98. The standard InChI is InChI=1S/C11H12ClN3O4S/c12-7-1-3-8(4-2-7)20(18,19)15-9(11(17)14-13)5-6-10(15)16/h1-4,9H,5-6,13H2,(H,14,17). The fraction of sp³-hybridized carbons (Fsp3) is 0.273. The van der Waals surface area contributed by atoms with Crippen LogP contribution in [0.1, 0.15) is 12.8 Å². The van der Waals surface area contributed by atoms with E-state index in [1.54, 1.807) is 0 Å². The van der Waals surface area contributed by atoms with E-state index in [2.05, 4.69) is 0 Å². The second-order valence-corrected chi connectivity index (χ2v) is 6.46. The van der Waals surface area contributed by atoms with Crippen molar-refractivity contribution in [3.63, 3.8) is 0 Å². The molecule has 0 aromatic heterocycles. The maximum Gasteiger partial charge on any atom is 0.267 e. The Bertz CT molecular complexity index is 644. The molecule has 0 bridgehead atoms. The summed E-state index contributed by atoms with van der Waals surface area (Å²) in [5, 5.41) is 0.368. The van der Waals surface area contributed by atoms with Crippen LogP contribution >= 0.6 is 11.6 Å². The van der Waals surface area contributed by atoms with Crippen molar-refractivity contribution in [2.45, 2.75) is 23.8 Å². The topological polar surface area (TPSA) is 110 Å². The van der Waals surface area contributed by atoms with Crippen molar-refractivity contribution in [2.24, 2.45) is 5.84 Å². The average molecular weight is 318 g/mol. The van der Waals surface area contributed by atoms with Gasteiger partial charge in [0.05, 0.1) is 4.90 Å². The predicted molar refractivity (Wildman–Crippen MR) is 70.8 cm³/mol. The Kier molecular flexibility index (Phi) is 3.98. The zero-order valence-electron chi connectivity index (χ0n) is 10.2. The van der Waals surface area contributed by atoms with Gasteiger partial charge in [-0.25, -0.2) is 18.6 Å². The summed E-state index contributed by atoms with van der Waals surface area (Å²) in [6.07, 6.45) is 0.0829. The molecular formula is C11H12ClN3O4S. The molecule has 7 nitrogen and oxygen atoms in total. The summed E-state index contributed by atoms with van der Waals surface area (Å²) in [6, 6.07) is 4.23. The number of hydrazine groups is 1. The lowest BCUT2D eigenvalue weighted by Crippen LogP contribution is -2.49. The molecule has 1 aromatic carbocycles. The smallest absolute Gasteiger partial charge is 0.267 e. The first-order valence-corrected chi connectivity index (χ1v) is 7.53. The summed E-state index contributed by atoms with van der Waals surface area (Å²) in [6.45, 7) is 0. The predicted octanol–water partition coefficient (Wildman–Crippen LogP) is 0.00960. The van der Waals surface area contributed by atoms with E-state index in [9.17, 15) is 18.0 Å². The van der Waals surface area contributed by atoms with Crippen LogP contribution in [0.2, 0.25) is 5.02 Å². The van der Waals surface area contributed by atoms with Crippen LogP contribution in [0.4, 0.5) is 0 Å². The highest BCUT2D eigenvalue weighted by atomic mass is 35.5. The number of carbonyl (C=O) groups excluding carboxylic acids is 2. The molecule has 1 fully saturated rings. The van der Waals surface area contributed by atoms with Crippen LogP contribution in [0.5, 0.6) is 0 Å².